The number of aromatic nitrogens is 2. The van der Waals surface area contributed by atoms with E-state index in [0.29, 0.717) is 48.8 Å². The standard InChI is InChI=1S/C21H23F2N5O3/c1-27(19(24)30)7-12-10-31-16-6-11(2-3-14(12)16)17-15-4-5-21(22,23)18(15)26-20(25-17)28-8-13(29)9-28/h2-3,6,12-13,29H,4-5,7-10H2,1H3,(H2,24,30). The van der Waals surface area contributed by atoms with Crippen molar-refractivity contribution >= 4 is 12.0 Å². The highest BCUT2D eigenvalue weighted by Crippen LogP contribution is 2.46. The van der Waals surface area contributed by atoms with E-state index in [1.165, 1.54) is 4.90 Å². The summed E-state index contributed by atoms with van der Waals surface area (Å²) in [6, 6.07) is 5.05. The molecule has 0 radical (unpaired) electrons. The van der Waals surface area contributed by atoms with Gasteiger partial charge in [-0.25, -0.2) is 14.8 Å². The lowest BCUT2D eigenvalue weighted by Gasteiger charge is -2.36. The second-order valence-electron chi connectivity index (χ2n) is 8.44. The lowest BCUT2D eigenvalue weighted by Crippen LogP contribution is -2.51. The van der Waals surface area contributed by atoms with Gasteiger partial charge in [-0.1, -0.05) is 12.1 Å². The number of primary amides is 1. The first-order valence-corrected chi connectivity index (χ1v) is 10.2. The lowest BCUT2D eigenvalue weighted by molar-refractivity contribution is -0.00597. The Morgan fingerprint density at radius 2 is 2.16 bits per heavy atom. The number of benzene rings is 1. The molecule has 164 valence electrons. The first-order valence-electron chi connectivity index (χ1n) is 10.2. The fourth-order valence-corrected chi connectivity index (χ4v) is 4.41. The molecule has 3 aliphatic rings. The van der Waals surface area contributed by atoms with Gasteiger partial charge in [-0.05, 0) is 12.5 Å². The first-order chi connectivity index (χ1) is 14.7. The number of urea groups is 1. The molecule has 3 N–H and O–H groups in total. The first kappa shape index (κ1) is 19.9. The Morgan fingerprint density at radius 1 is 1.39 bits per heavy atom. The number of halogens is 2. The van der Waals surface area contributed by atoms with Crippen molar-refractivity contribution < 1.29 is 23.4 Å². The second-order valence-corrected chi connectivity index (χ2v) is 8.44. The predicted octanol–water partition coefficient (Wildman–Crippen LogP) is 1.85. The van der Waals surface area contributed by atoms with Gasteiger partial charge in [0, 0.05) is 55.7 Å². The number of alkyl halides is 2. The average molecular weight is 431 g/mol. The van der Waals surface area contributed by atoms with Crippen LogP contribution >= 0.6 is 0 Å². The highest BCUT2D eigenvalue weighted by Gasteiger charge is 2.44. The highest BCUT2D eigenvalue weighted by molar-refractivity contribution is 5.72. The Balaban J connectivity index is 1.52. The third kappa shape index (κ3) is 3.34. The summed E-state index contributed by atoms with van der Waals surface area (Å²) in [6.45, 7) is 1.49. The van der Waals surface area contributed by atoms with E-state index in [2.05, 4.69) is 9.97 Å². The van der Waals surface area contributed by atoms with Crippen LogP contribution in [0.3, 0.4) is 0 Å². The van der Waals surface area contributed by atoms with Crippen LogP contribution in [-0.4, -0.2) is 65.4 Å². The molecule has 1 unspecified atom stereocenters. The Morgan fingerprint density at radius 3 is 2.87 bits per heavy atom. The van der Waals surface area contributed by atoms with Crippen LogP contribution in [0.5, 0.6) is 5.75 Å². The van der Waals surface area contributed by atoms with Gasteiger partial charge >= 0.3 is 6.03 Å². The number of carbonyl (C=O) groups is 1. The molecule has 5 rings (SSSR count). The quantitative estimate of drug-likeness (QED) is 0.766. The van der Waals surface area contributed by atoms with E-state index in [4.69, 9.17) is 10.5 Å². The van der Waals surface area contributed by atoms with Gasteiger partial charge in [-0.3, -0.25) is 0 Å². The van der Waals surface area contributed by atoms with Crippen LogP contribution in [0.2, 0.25) is 0 Å². The maximum atomic E-state index is 14.5. The van der Waals surface area contributed by atoms with Gasteiger partial charge in [-0.2, -0.15) is 8.78 Å². The third-order valence-electron chi connectivity index (χ3n) is 6.21. The van der Waals surface area contributed by atoms with Crippen molar-refractivity contribution in [1.82, 2.24) is 14.9 Å². The number of likely N-dealkylation sites (N-methyl/N-ethyl adjacent to an activating group) is 1. The summed E-state index contributed by atoms with van der Waals surface area (Å²) >= 11 is 0. The van der Waals surface area contributed by atoms with Crippen molar-refractivity contribution in [3.63, 3.8) is 0 Å². The SMILES string of the molecule is CN(CC1COc2cc(-c3nc(N4CC(O)C4)nc4c3CCC4(F)F)ccc21)C(N)=O. The normalized spacial score (nSPS) is 21.3. The maximum Gasteiger partial charge on any atom is 0.314 e. The van der Waals surface area contributed by atoms with Gasteiger partial charge in [0.15, 0.2) is 0 Å². The summed E-state index contributed by atoms with van der Waals surface area (Å²) in [5, 5.41) is 9.60. The van der Waals surface area contributed by atoms with Crippen LogP contribution in [0.15, 0.2) is 18.2 Å². The molecule has 1 atom stereocenters. The van der Waals surface area contributed by atoms with Crippen LogP contribution in [0.4, 0.5) is 19.5 Å². The van der Waals surface area contributed by atoms with Gasteiger partial charge in [0.25, 0.3) is 5.92 Å². The number of ether oxygens (including phenoxy) is 1. The topological polar surface area (TPSA) is 105 Å². The fraction of sp³-hybridized carbons (Fsp3) is 0.476. The largest absolute Gasteiger partial charge is 0.493 e. The van der Waals surface area contributed by atoms with E-state index >= 15 is 0 Å². The third-order valence-corrected chi connectivity index (χ3v) is 6.21. The summed E-state index contributed by atoms with van der Waals surface area (Å²) in [6.07, 6.45) is -0.589. The number of aliphatic hydroxyl groups is 1. The predicted molar refractivity (Wildman–Crippen MR) is 108 cm³/mol. The minimum atomic E-state index is -3.00. The van der Waals surface area contributed by atoms with Gasteiger partial charge < -0.3 is 25.4 Å². The number of fused-ring (bicyclic) bond motifs is 2. The molecule has 2 aliphatic heterocycles. The van der Waals surface area contributed by atoms with Crippen LogP contribution < -0.4 is 15.4 Å². The van der Waals surface area contributed by atoms with Gasteiger partial charge in [0.1, 0.15) is 11.4 Å². The molecule has 0 bridgehead atoms. The molecule has 3 heterocycles. The van der Waals surface area contributed by atoms with E-state index in [-0.39, 0.29) is 30.4 Å². The Kier molecular flexibility index (Phi) is 4.51. The molecule has 2 amide bonds. The fourth-order valence-electron chi connectivity index (χ4n) is 4.41. The van der Waals surface area contributed by atoms with Gasteiger partial charge in [-0.15, -0.1) is 0 Å². The Labute approximate surface area is 177 Å². The van der Waals surface area contributed by atoms with E-state index < -0.39 is 18.1 Å². The zero-order valence-corrected chi connectivity index (χ0v) is 17.0. The van der Waals surface area contributed by atoms with Crippen molar-refractivity contribution in [3.8, 4) is 17.0 Å². The minimum absolute atomic E-state index is 0.0138. The monoisotopic (exact) mass is 431 g/mol. The summed E-state index contributed by atoms with van der Waals surface area (Å²) in [5.74, 6) is -2.15. The van der Waals surface area contributed by atoms with Gasteiger partial charge in [0.2, 0.25) is 5.95 Å². The minimum Gasteiger partial charge on any atom is -0.493 e. The number of hydrogen-bond acceptors (Lipinski definition) is 6. The number of β-amino-alcohol motifs (C(OH)–C–C–N with tert-alkyl or cyclic N) is 1. The summed E-state index contributed by atoms with van der Waals surface area (Å²) in [7, 11) is 1.63. The molecule has 1 fully saturated rings. The van der Waals surface area contributed by atoms with Crippen LogP contribution in [0.25, 0.3) is 11.3 Å². The smallest absolute Gasteiger partial charge is 0.314 e. The summed E-state index contributed by atoms with van der Waals surface area (Å²) in [5.41, 5.74) is 7.65. The number of nitrogens with zero attached hydrogens (tertiary/aromatic N) is 4. The van der Waals surface area contributed by atoms with Crippen molar-refractivity contribution in [2.24, 2.45) is 5.73 Å². The van der Waals surface area contributed by atoms with Crippen molar-refractivity contribution in [1.29, 1.82) is 0 Å². The molecule has 2 aromatic rings. The molecule has 10 heteroatoms. The van der Waals surface area contributed by atoms with Crippen LogP contribution in [0, 0.1) is 0 Å². The number of amides is 2. The summed E-state index contributed by atoms with van der Waals surface area (Å²) < 4.78 is 34.8. The van der Waals surface area contributed by atoms with E-state index in [1.807, 2.05) is 18.2 Å². The molecule has 31 heavy (non-hydrogen) atoms. The molecule has 0 spiro atoms. The van der Waals surface area contributed by atoms with Crippen LogP contribution in [0.1, 0.15) is 29.2 Å². The second kappa shape index (κ2) is 7.01. The molecule has 0 saturated carbocycles. The van der Waals surface area contributed by atoms with Crippen molar-refractivity contribution in [3.05, 3.63) is 35.0 Å². The van der Waals surface area contributed by atoms with Crippen molar-refractivity contribution in [2.75, 3.05) is 38.2 Å². The van der Waals surface area contributed by atoms with Crippen LogP contribution in [-0.2, 0) is 12.3 Å². The number of rotatable bonds is 4. The Bertz CT molecular complexity index is 1060. The zero-order valence-electron chi connectivity index (χ0n) is 17.0. The maximum absolute atomic E-state index is 14.5. The summed E-state index contributed by atoms with van der Waals surface area (Å²) in [4.78, 5) is 23.2. The number of hydrogen-bond donors (Lipinski definition) is 2. The molecular weight excluding hydrogens is 408 g/mol. The molecule has 1 aromatic carbocycles. The average Bonchev–Trinajstić information content (AvgIpc) is 3.25. The van der Waals surface area contributed by atoms with Crippen molar-refractivity contribution in [2.45, 2.75) is 30.8 Å². The number of anilines is 1. The highest BCUT2D eigenvalue weighted by atomic mass is 19.3. The molecule has 1 aromatic heterocycles. The molecule has 1 aliphatic carbocycles. The number of aliphatic hydroxyl groups excluding tert-OH is 1. The number of nitrogens with two attached hydrogens (primary N) is 1. The van der Waals surface area contributed by atoms with E-state index in [0.717, 1.165) is 5.56 Å². The van der Waals surface area contributed by atoms with E-state index in [9.17, 15) is 18.7 Å². The Hall–Kier alpha value is -3.01. The van der Waals surface area contributed by atoms with E-state index in [1.54, 1.807) is 11.9 Å². The lowest BCUT2D eigenvalue weighted by atomic mass is 9.97. The molecular formula is C21H23F2N5O3. The number of carbonyl (C=O) groups excluding carboxylic acids is 1. The molecule has 8 nitrogen and oxygen atoms in total. The molecule has 1 saturated heterocycles. The van der Waals surface area contributed by atoms with Gasteiger partial charge in [0.05, 0.1) is 18.4 Å². The zero-order chi connectivity index (χ0) is 21.9.